The second kappa shape index (κ2) is 18.3. The quantitative estimate of drug-likeness (QED) is 0.120. The Morgan fingerprint density at radius 1 is 0.932 bits per heavy atom. The maximum Gasteiger partial charge on any atom is 0.328 e. The Morgan fingerprint density at radius 2 is 1.66 bits per heavy atom. The fourth-order valence-corrected chi connectivity index (χ4v) is 8.34. The number of methoxy groups -OCH3 is 1. The van der Waals surface area contributed by atoms with Gasteiger partial charge in [-0.15, -0.1) is 0 Å². The van der Waals surface area contributed by atoms with Gasteiger partial charge in [-0.1, -0.05) is 42.5 Å². The van der Waals surface area contributed by atoms with Gasteiger partial charge in [0.1, 0.15) is 11.9 Å². The Hall–Kier alpha value is -6.03. The maximum absolute atomic E-state index is 13.8. The van der Waals surface area contributed by atoms with Crippen molar-refractivity contribution < 1.29 is 27.1 Å². The van der Waals surface area contributed by atoms with E-state index < -0.39 is 22.0 Å². The summed E-state index contributed by atoms with van der Waals surface area (Å²) in [5, 5.41) is 9.62. The van der Waals surface area contributed by atoms with Crippen LogP contribution in [0, 0.1) is 18.3 Å². The number of esters is 1. The molecule has 0 saturated carbocycles. The Bertz CT molecular complexity index is 2360. The number of fused-ring (bicyclic) bond motifs is 1. The molecule has 18 heteroatoms. The predicted molar refractivity (Wildman–Crippen MR) is 222 cm³/mol. The summed E-state index contributed by atoms with van der Waals surface area (Å²) in [5.41, 5.74) is 5.35. The van der Waals surface area contributed by atoms with E-state index in [-0.39, 0.29) is 48.5 Å². The number of rotatable bonds is 14. The molecule has 0 unspecified atom stereocenters. The van der Waals surface area contributed by atoms with Crippen molar-refractivity contribution in [3.63, 3.8) is 0 Å². The molecule has 3 aromatic carbocycles. The number of hydrogen-bond donors (Lipinski definition) is 3. The summed E-state index contributed by atoms with van der Waals surface area (Å²) in [6, 6.07) is 18.5. The van der Waals surface area contributed by atoms with E-state index in [1.165, 1.54) is 29.8 Å². The molecule has 2 fully saturated rings. The fraction of sp³-hybridized carbons (Fsp3) is 0.390. The van der Waals surface area contributed by atoms with E-state index in [2.05, 4.69) is 45.6 Å². The van der Waals surface area contributed by atoms with Gasteiger partial charge in [0.2, 0.25) is 33.8 Å². The summed E-state index contributed by atoms with van der Waals surface area (Å²) < 4.78 is 44.2. The second-order valence-electron chi connectivity index (χ2n) is 14.9. The molecule has 7 rings (SSSR count). The van der Waals surface area contributed by atoms with E-state index in [0.29, 0.717) is 76.5 Å². The molecular formula is C41H46FN11O5S. The number of sulfonamides is 1. The summed E-state index contributed by atoms with van der Waals surface area (Å²) in [6.07, 6.45) is 3.08. The van der Waals surface area contributed by atoms with Crippen molar-refractivity contribution in [1.82, 2.24) is 29.1 Å². The first-order chi connectivity index (χ1) is 28.4. The predicted octanol–water partition coefficient (Wildman–Crippen LogP) is 4.56. The number of piperidine rings is 1. The first-order valence-corrected chi connectivity index (χ1v) is 21.2. The summed E-state index contributed by atoms with van der Waals surface area (Å²) in [6.45, 7) is 11.6. The number of nitrogens with zero attached hydrogens (tertiary/aromatic N) is 8. The van der Waals surface area contributed by atoms with Crippen molar-refractivity contribution in [2.24, 2.45) is 10.9 Å². The Labute approximate surface area is 342 Å². The third-order valence-electron chi connectivity index (χ3n) is 10.6. The van der Waals surface area contributed by atoms with Gasteiger partial charge in [0.15, 0.2) is 5.69 Å². The highest BCUT2D eigenvalue weighted by atomic mass is 32.2. The Kier molecular flexibility index (Phi) is 12.7. The third kappa shape index (κ3) is 10.7. The number of aliphatic imine (C=N–C) groups is 1. The number of aromatic nitrogens is 3. The molecular weight excluding hydrogens is 778 g/mol. The number of nitrogens with one attached hydrogen (secondary N) is 3. The van der Waals surface area contributed by atoms with Gasteiger partial charge >= 0.3 is 5.97 Å². The second-order valence-corrected chi connectivity index (χ2v) is 16.8. The minimum absolute atomic E-state index is 0.106. The Morgan fingerprint density at radius 3 is 2.37 bits per heavy atom. The SMILES string of the molecule is [C-]#[N+]c1ccc(C[C@H](Nc2nc(NCC3=Nc4cc(F)ccc4C3)nc(Nc3cccc(CN4CCN(C(=O)C5CCN(S(C)(=O)=O)CC5)CC4)c3)n2)C(=O)OC)cc1. The first kappa shape index (κ1) is 41.1. The molecule has 3 aliphatic rings. The number of hydrogen-bond acceptors (Lipinski definition) is 13. The molecule has 1 atom stereocenters. The van der Waals surface area contributed by atoms with E-state index in [9.17, 15) is 22.4 Å². The van der Waals surface area contributed by atoms with Crippen molar-refractivity contribution in [2.75, 3.05) is 75.1 Å². The molecule has 4 heterocycles. The van der Waals surface area contributed by atoms with Crippen molar-refractivity contribution in [3.8, 4) is 0 Å². The van der Waals surface area contributed by atoms with Crippen molar-refractivity contribution in [2.45, 2.75) is 38.3 Å². The molecule has 59 heavy (non-hydrogen) atoms. The minimum atomic E-state index is -3.25. The van der Waals surface area contributed by atoms with Gasteiger partial charge in [-0.05, 0) is 53.8 Å². The highest BCUT2D eigenvalue weighted by Crippen LogP contribution is 2.28. The average Bonchev–Trinajstić information content (AvgIpc) is 3.64. The topological polar surface area (TPSA) is 179 Å². The van der Waals surface area contributed by atoms with Crippen LogP contribution in [0.2, 0.25) is 0 Å². The van der Waals surface area contributed by atoms with E-state index in [4.69, 9.17) is 11.3 Å². The summed E-state index contributed by atoms with van der Waals surface area (Å²) in [7, 11) is -1.94. The van der Waals surface area contributed by atoms with E-state index in [0.717, 1.165) is 28.1 Å². The first-order valence-electron chi connectivity index (χ1n) is 19.4. The molecule has 1 aromatic heterocycles. The standard InChI is InChI=1S/C41H46FN11O5S/c1-43-32-11-7-27(8-12-32)22-36(38(55)58-2)47-41-49-39(44-25-34-23-30-9-10-31(42)24-35(30)45-34)48-40(50-41)46-33-6-4-5-28(21-33)26-51-17-19-52(20-18-51)37(54)29-13-15-53(16-14-29)59(3,56)57/h4-12,21,24,29,36H,13-20,22-23,25-26H2,2-3H3,(H3,44,46,47,48,49,50)/t36-/m0/s1. The normalized spacial score (nSPS) is 16.7. The molecule has 4 aromatic rings. The van der Waals surface area contributed by atoms with Crippen LogP contribution in [0.4, 0.5) is 39.3 Å². The smallest absolute Gasteiger partial charge is 0.328 e. The molecule has 0 radical (unpaired) electrons. The average molecular weight is 824 g/mol. The zero-order valence-electron chi connectivity index (χ0n) is 32.9. The van der Waals surface area contributed by atoms with Gasteiger partial charge in [-0.3, -0.25) is 14.7 Å². The van der Waals surface area contributed by atoms with Crippen LogP contribution >= 0.6 is 0 Å². The number of benzene rings is 3. The van der Waals surface area contributed by atoms with Crippen molar-refractivity contribution >= 4 is 62.5 Å². The van der Waals surface area contributed by atoms with Crippen LogP contribution in [0.5, 0.6) is 0 Å². The van der Waals surface area contributed by atoms with Crippen LogP contribution in [0.25, 0.3) is 4.85 Å². The zero-order valence-corrected chi connectivity index (χ0v) is 33.7. The van der Waals surface area contributed by atoms with Gasteiger partial charge in [-0.25, -0.2) is 26.8 Å². The lowest BCUT2D eigenvalue weighted by Gasteiger charge is -2.38. The maximum atomic E-state index is 13.8. The number of amides is 1. The number of ether oxygens (including phenoxy) is 1. The number of carbonyl (C=O) groups excluding carboxylic acids is 2. The number of halogens is 1. The van der Waals surface area contributed by atoms with Crippen LogP contribution in [-0.2, 0) is 43.7 Å². The van der Waals surface area contributed by atoms with Crippen LogP contribution < -0.4 is 16.0 Å². The van der Waals surface area contributed by atoms with Crippen molar-refractivity contribution in [1.29, 1.82) is 0 Å². The molecule has 0 bridgehead atoms. The molecule has 1 amide bonds. The van der Waals surface area contributed by atoms with Gasteiger partial charge in [0, 0.05) is 76.0 Å². The Balaban J connectivity index is 1.02. The van der Waals surface area contributed by atoms with Gasteiger partial charge in [0.05, 0.1) is 32.2 Å². The summed E-state index contributed by atoms with van der Waals surface area (Å²) in [4.78, 5) is 52.3. The van der Waals surface area contributed by atoms with E-state index >= 15 is 0 Å². The van der Waals surface area contributed by atoms with Crippen LogP contribution in [0.15, 0.2) is 71.7 Å². The summed E-state index contributed by atoms with van der Waals surface area (Å²) >= 11 is 0. The molecule has 0 spiro atoms. The molecule has 2 saturated heterocycles. The number of anilines is 4. The lowest BCUT2D eigenvalue weighted by Crippen LogP contribution is -2.51. The molecule has 0 aliphatic carbocycles. The molecule has 16 nitrogen and oxygen atoms in total. The van der Waals surface area contributed by atoms with E-state index in [1.807, 2.05) is 29.2 Å². The van der Waals surface area contributed by atoms with Crippen molar-refractivity contribution in [3.05, 3.63) is 101 Å². The number of carbonyl (C=O) groups is 2. The number of piperazine rings is 1. The monoisotopic (exact) mass is 823 g/mol. The highest BCUT2D eigenvalue weighted by molar-refractivity contribution is 7.88. The largest absolute Gasteiger partial charge is 0.467 e. The fourth-order valence-electron chi connectivity index (χ4n) is 7.47. The van der Waals surface area contributed by atoms with Gasteiger partial charge in [0.25, 0.3) is 0 Å². The zero-order chi connectivity index (χ0) is 41.5. The lowest BCUT2D eigenvalue weighted by molar-refractivity contribution is -0.141. The summed E-state index contributed by atoms with van der Waals surface area (Å²) in [5.74, 6) is -0.394. The molecule has 3 aliphatic heterocycles. The van der Waals surface area contributed by atoms with Crippen LogP contribution in [0.3, 0.4) is 0 Å². The van der Waals surface area contributed by atoms with Gasteiger partial charge in [-0.2, -0.15) is 15.0 Å². The van der Waals surface area contributed by atoms with Crippen LogP contribution in [-0.4, -0.2) is 120 Å². The highest BCUT2D eigenvalue weighted by Gasteiger charge is 2.33. The van der Waals surface area contributed by atoms with Crippen LogP contribution in [0.1, 0.15) is 29.5 Å². The minimum Gasteiger partial charge on any atom is -0.467 e. The third-order valence-corrected chi connectivity index (χ3v) is 11.9. The van der Waals surface area contributed by atoms with Gasteiger partial charge < -0.3 is 25.6 Å². The van der Waals surface area contributed by atoms with E-state index in [1.54, 1.807) is 30.3 Å². The molecule has 3 N–H and O–H groups in total. The molecule has 308 valence electrons. The lowest BCUT2D eigenvalue weighted by atomic mass is 9.96.